The lowest BCUT2D eigenvalue weighted by Gasteiger charge is -2.19. The second-order valence-electron chi connectivity index (χ2n) is 4.17. The van der Waals surface area contributed by atoms with Crippen LogP contribution in [0.4, 0.5) is 13.2 Å². The van der Waals surface area contributed by atoms with Crippen molar-refractivity contribution in [1.29, 1.82) is 0 Å². The van der Waals surface area contributed by atoms with E-state index in [-0.39, 0.29) is 6.04 Å². The van der Waals surface area contributed by atoms with Crippen LogP contribution in [-0.2, 0) is 7.05 Å². The first-order valence-corrected chi connectivity index (χ1v) is 5.56. The number of halogens is 3. The zero-order valence-electron chi connectivity index (χ0n) is 10.5. The molecule has 0 radical (unpaired) electrons. The lowest BCUT2D eigenvalue weighted by atomic mass is 10.0. The maximum atomic E-state index is 12.2. The van der Waals surface area contributed by atoms with E-state index in [1.54, 1.807) is 11.7 Å². The second-order valence-corrected chi connectivity index (χ2v) is 4.17. The molecule has 0 amide bonds. The number of aromatic nitrogens is 2. The quantitative estimate of drug-likeness (QED) is 0.889. The third-order valence-corrected chi connectivity index (χ3v) is 2.87. The largest absolute Gasteiger partial charge is 0.401 e. The smallest absolute Gasteiger partial charge is 0.302 e. The van der Waals surface area contributed by atoms with Crippen molar-refractivity contribution in [3.63, 3.8) is 0 Å². The van der Waals surface area contributed by atoms with Gasteiger partial charge in [0.05, 0.1) is 12.2 Å². The van der Waals surface area contributed by atoms with Crippen LogP contribution in [0.3, 0.4) is 0 Å². The Balaban J connectivity index is 2.87. The van der Waals surface area contributed by atoms with Crippen molar-refractivity contribution < 1.29 is 13.2 Å². The Morgan fingerprint density at radius 2 is 1.94 bits per heavy atom. The Hall–Kier alpha value is -1.04. The lowest BCUT2D eigenvalue weighted by Crippen LogP contribution is -2.32. The molecule has 1 N–H and O–H groups in total. The predicted octanol–water partition coefficient (Wildman–Crippen LogP) is 2.64. The van der Waals surface area contributed by atoms with Crippen LogP contribution >= 0.6 is 0 Å². The normalized spacial score (nSPS) is 14.1. The number of hydrogen-bond donors (Lipinski definition) is 1. The molecule has 0 unspecified atom stereocenters. The SMILES string of the molecule is CC[C@@H](NCC(F)(F)F)c1c(C)nn(C)c1C. The topological polar surface area (TPSA) is 29.9 Å². The van der Waals surface area contributed by atoms with Gasteiger partial charge in [0, 0.05) is 24.3 Å². The average Bonchev–Trinajstić information content (AvgIpc) is 2.43. The molecule has 1 rings (SSSR count). The summed E-state index contributed by atoms with van der Waals surface area (Å²) in [4.78, 5) is 0. The van der Waals surface area contributed by atoms with Crippen molar-refractivity contribution in [2.24, 2.45) is 7.05 Å². The number of nitrogens with one attached hydrogen (secondary N) is 1. The van der Waals surface area contributed by atoms with Crippen molar-refractivity contribution in [3.8, 4) is 0 Å². The summed E-state index contributed by atoms with van der Waals surface area (Å²) in [6.07, 6.45) is -3.58. The summed E-state index contributed by atoms with van der Waals surface area (Å²) in [5.74, 6) is 0. The van der Waals surface area contributed by atoms with Gasteiger partial charge in [-0.25, -0.2) is 0 Å². The molecule has 0 saturated heterocycles. The highest BCUT2D eigenvalue weighted by molar-refractivity contribution is 5.28. The molecule has 6 heteroatoms. The first-order valence-electron chi connectivity index (χ1n) is 5.56. The summed E-state index contributed by atoms with van der Waals surface area (Å²) in [5.41, 5.74) is 2.56. The van der Waals surface area contributed by atoms with Gasteiger partial charge in [-0.05, 0) is 20.3 Å². The van der Waals surface area contributed by atoms with Crippen LogP contribution in [0.1, 0.15) is 36.3 Å². The molecule has 17 heavy (non-hydrogen) atoms. The van der Waals surface area contributed by atoms with Crippen LogP contribution in [0.15, 0.2) is 0 Å². The van der Waals surface area contributed by atoms with Crippen molar-refractivity contribution in [3.05, 3.63) is 17.0 Å². The van der Waals surface area contributed by atoms with E-state index >= 15 is 0 Å². The Morgan fingerprint density at radius 1 is 1.35 bits per heavy atom. The summed E-state index contributed by atoms with van der Waals surface area (Å²) in [7, 11) is 1.79. The van der Waals surface area contributed by atoms with Crippen molar-refractivity contribution in [2.75, 3.05) is 6.54 Å². The minimum absolute atomic E-state index is 0.301. The van der Waals surface area contributed by atoms with Gasteiger partial charge in [-0.15, -0.1) is 0 Å². The maximum Gasteiger partial charge on any atom is 0.401 e. The first kappa shape index (κ1) is 14.0. The Bertz CT molecular complexity index is 382. The molecular weight excluding hydrogens is 231 g/mol. The van der Waals surface area contributed by atoms with Gasteiger partial charge in [-0.3, -0.25) is 4.68 Å². The van der Waals surface area contributed by atoms with Crippen LogP contribution in [0, 0.1) is 13.8 Å². The predicted molar refractivity (Wildman–Crippen MR) is 59.8 cm³/mol. The minimum Gasteiger partial charge on any atom is -0.302 e. The van der Waals surface area contributed by atoms with E-state index in [9.17, 15) is 13.2 Å². The van der Waals surface area contributed by atoms with Crippen LogP contribution in [0.25, 0.3) is 0 Å². The Labute approximate surface area is 99.0 Å². The highest BCUT2D eigenvalue weighted by Gasteiger charge is 2.29. The number of aryl methyl sites for hydroxylation is 2. The fourth-order valence-electron chi connectivity index (χ4n) is 1.98. The van der Waals surface area contributed by atoms with Crippen LogP contribution in [0.5, 0.6) is 0 Å². The zero-order chi connectivity index (χ0) is 13.2. The molecular formula is C11H18F3N3. The van der Waals surface area contributed by atoms with Gasteiger partial charge in [0.25, 0.3) is 0 Å². The van der Waals surface area contributed by atoms with Crippen molar-refractivity contribution in [2.45, 2.75) is 39.4 Å². The van der Waals surface area contributed by atoms with Gasteiger partial charge < -0.3 is 5.32 Å². The van der Waals surface area contributed by atoms with Gasteiger partial charge in [0.2, 0.25) is 0 Å². The lowest BCUT2D eigenvalue weighted by molar-refractivity contribution is -0.126. The van der Waals surface area contributed by atoms with Crippen LogP contribution < -0.4 is 5.32 Å². The molecule has 98 valence electrons. The molecule has 0 bridgehead atoms. The monoisotopic (exact) mass is 249 g/mol. The Kier molecular flexibility index (Phi) is 4.19. The van der Waals surface area contributed by atoms with Crippen molar-refractivity contribution in [1.82, 2.24) is 15.1 Å². The highest BCUT2D eigenvalue weighted by atomic mass is 19.4. The molecule has 1 aromatic rings. The standard InChI is InChI=1S/C11H18F3N3/c1-5-9(15-6-11(12,13)14)10-7(2)16-17(4)8(10)3/h9,15H,5-6H2,1-4H3/t9-/m1/s1. The summed E-state index contributed by atoms with van der Waals surface area (Å²) in [6, 6.07) is -0.301. The summed E-state index contributed by atoms with van der Waals surface area (Å²) >= 11 is 0. The summed E-state index contributed by atoms with van der Waals surface area (Å²) in [6.45, 7) is 4.58. The van der Waals surface area contributed by atoms with Crippen molar-refractivity contribution >= 4 is 0 Å². The first-order chi connectivity index (χ1) is 7.76. The van der Waals surface area contributed by atoms with Gasteiger partial charge >= 0.3 is 6.18 Å². The van der Waals surface area contributed by atoms with Crippen LogP contribution in [0.2, 0.25) is 0 Å². The molecule has 0 fully saturated rings. The molecule has 1 heterocycles. The molecule has 0 spiro atoms. The molecule has 1 aromatic heterocycles. The number of alkyl halides is 3. The van der Waals surface area contributed by atoms with E-state index < -0.39 is 12.7 Å². The molecule has 3 nitrogen and oxygen atoms in total. The summed E-state index contributed by atoms with van der Waals surface area (Å²) < 4.78 is 38.3. The van der Waals surface area contributed by atoms with Gasteiger partial charge in [-0.2, -0.15) is 18.3 Å². The number of hydrogen-bond acceptors (Lipinski definition) is 2. The molecule has 0 aliphatic carbocycles. The Morgan fingerprint density at radius 3 is 2.29 bits per heavy atom. The fourth-order valence-corrected chi connectivity index (χ4v) is 1.98. The molecule has 0 aliphatic heterocycles. The molecule has 0 saturated carbocycles. The maximum absolute atomic E-state index is 12.2. The third-order valence-electron chi connectivity index (χ3n) is 2.87. The molecule has 1 atom stereocenters. The number of nitrogens with zero attached hydrogens (tertiary/aromatic N) is 2. The average molecular weight is 249 g/mol. The molecule has 0 aromatic carbocycles. The van der Waals surface area contributed by atoms with E-state index in [1.807, 2.05) is 20.8 Å². The fraction of sp³-hybridized carbons (Fsp3) is 0.727. The van der Waals surface area contributed by atoms with E-state index in [2.05, 4.69) is 10.4 Å². The van der Waals surface area contributed by atoms with E-state index in [0.29, 0.717) is 6.42 Å². The van der Waals surface area contributed by atoms with E-state index in [0.717, 1.165) is 17.0 Å². The second kappa shape index (κ2) is 5.08. The van der Waals surface area contributed by atoms with Gasteiger partial charge in [-0.1, -0.05) is 6.92 Å². The number of rotatable bonds is 4. The highest BCUT2D eigenvalue weighted by Crippen LogP contribution is 2.25. The minimum atomic E-state index is -4.18. The summed E-state index contributed by atoms with van der Waals surface area (Å²) in [5, 5.41) is 6.76. The molecule has 0 aliphatic rings. The van der Waals surface area contributed by atoms with Crippen LogP contribution in [-0.4, -0.2) is 22.5 Å². The van der Waals surface area contributed by atoms with E-state index in [1.165, 1.54) is 0 Å². The van der Waals surface area contributed by atoms with E-state index in [4.69, 9.17) is 0 Å². The third kappa shape index (κ3) is 3.46. The van der Waals surface area contributed by atoms with Gasteiger partial charge in [0.1, 0.15) is 0 Å². The van der Waals surface area contributed by atoms with Gasteiger partial charge in [0.15, 0.2) is 0 Å². The zero-order valence-corrected chi connectivity index (χ0v) is 10.5.